The molecular weight excluding hydrogens is 264 g/mol. The standard InChI is InChI=1S/C15H24N6/c1-11(2)8-21-15(17-10-19-21)9-20-12(3)13(7-18-20)6-16-14-4-5-14/h7,10-11,14,16H,4-6,8-9H2,1-3H3. The fourth-order valence-electron chi connectivity index (χ4n) is 2.40. The third-order valence-electron chi connectivity index (χ3n) is 3.89. The molecule has 0 aromatic carbocycles. The lowest BCUT2D eigenvalue weighted by Gasteiger charge is -2.10. The van der Waals surface area contributed by atoms with E-state index in [1.807, 2.05) is 15.6 Å². The highest BCUT2D eigenvalue weighted by atomic mass is 15.4. The van der Waals surface area contributed by atoms with Gasteiger partial charge in [0.2, 0.25) is 0 Å². The Hall–Kier alpha value is -1.69. The number of nitrogens with one attached hydrogen (secondary N) is 1. The van der Waals surface area contributed by atoms with E-state index in [1.54, 1.807) is 6.33 Å². The van der Waals surface area contributed by atoms with Crippen LogP contribution in [0.3, 0.4) is 0 Å². The minimum Gasteiger partial charge on any atom is -0.310 e. The Morgan fingerprint density at radius 1 is 1.29 bits per heavy atom. The summed E-state index contributed by atoms with van der Waals surface area (Å²) >= 11 is 0. The van der Waals surface area contributed by atoms with Gasteiger partial charge in [-0.05, 0) is 25.7 Å². The van der Waals surface area contributed by atoms with Crippen LogP contribution < -0.4 is 5.32 Å². The largest absolute Gasteiger partial charge is 0.310 e. The Kier molecular flexibility index (Phi) is 4.05. The quantitative estimate of drug-likeness (QED) is 0.843. The van der Waals surface area contributed by atoms with Crippen molar-refractivity contribution in [2.75, 3.05) is 0 Å². The highest BCUT2D eigenvalue weighted by molar-refractivity contribution is 5.17. The minimum absolute atomic E-state index is 0.558. The van der Waals surface area contributed by atoms with E-state index in [0.717, 1.165) is 25.0 Å². The lowest BCUT2D eigenvalue weighted by atomic mass is 10.2. The fraction of sp³-hybridized carbons (Fsp3) is 0.667. The van der Waals surface area contributed by atoms with E-state index < -0.39 is 0 Å². The van der Waals surface area contributed by atoms with Crippen LogP contribution in [-0.4, -0.2) is 30.6 Å². The molecule has 0 spiro atoms. The summed E-state index contributed by atoms with van der Waals surface area (Å²) in [6.45, 7) is 8.99. The zero-order valence-corrected chi connectivity index (χ0v) is 13.1. The number of hydrogen-bond acceptors (Lipinski definition) is 4. The zero-order valence-electron chi connectivity index (χ0n) is 13.1. The summed E-state index contributed by atoms with van der Waals surface area (Å²) in [6, 6.07) is 0.724. The van der Waals surface area contributed by atoms with Gasteiger partial charge in [0.15, 0.2) is 0 Å². The zero-order chi connectivity index (χ0) is 14.8. The number of hydrogen-bond donors (Lipinski definition) is 1. The lowest BCUT2D eigenvalue weighted by molar-refractivity contribution is 0.455. The second kappa shape index (κ2) is 5.97. The normalized spacial score (nSPS) is 15.0. The molecule has 21 heavy (non-hydrogen) atoms. The molecule has 6 nitrogen and oxygen atoms in total. The maximum absolute atomic E-state index is 4.50. The van der Waals surface area contributed by atoms with Gasteiger partial charge in [-0.25, -0.2) is 9.67 Å². The van der Waals surface area contributed by atoms with E-state index in [4.69, 9.17) is 0 Å². The van der Waals surface area contributed by atoms with Crippen LogP contribution in [0, 0.1) is 12.8 Å². The van der Waals surface area contributed by atoms with Crippen molar-refractivity contribution in [3.8, 4) is 0 Å². The molecule has 2 aromatic rings. The Bertz CT molecular complexity index is 593. The smallest absolute Gasteiger partial charge is 0.148 e. The summed E-state index contributed by atoms with van der Waals surface area (Å²) < 4.78 is 4.00. The van der Waals surface area contributed by atoms with Crippen molar-refractivity contribution in [3.05, 3.63) is 29.6 Å². The van der Waals surface area contributed by atoms with Gasteiger partial charge >= 0.3 is 0 Å². The maximum atomic E-state index is 4.50. The third kappa shape index (κ3) is 3.50. The average molecular weight is 288 g/mol. The Morgan fingerprint density at radius 2 is 2.10 bits per heavy atom. The van der Waals surface area contributed by atoms with Crippen molar-refractivity contribution in [2.45, 2.75) is 59.3 Å². The van der Waals surface area contributed by atoms with Crippen molar-refractivity contribution in [2.24, 2.45) is 5.92 Å². The van der Waals surface area contributed by atoms with E-state index in [9.17, 15) is 0 Å². The molecule has 3 rings (SSSR count). The van der Waals surface area contributed by atoms with Crippen molar-refractivity contribution in [3.63, 3.8) is 0 Å². The van der Waals surface area contributed by atoms with Gasteiger partial charge in [-0.3, -0.25) is 4.68 Å². The van der Waals surface area contributed by atoms with Crippen LogP contribution >= 0.6 is 0 Å². The Labute approximate surface area is 125 Å². The van der Waals surface area contributed by atoms with Gasteiger partial charge in [0.05, 0.1) is 6.20 Å². The number of nitrogens with zero attached hydrogens (tertiary/aromatic N) is 5. The van der Waals surface area contributed by atoms with Crippen LogP contribution in [-0.2, 0) is 19.6 Å². The van der Waals surface area contributed by atoms with Crippen LogP contribution in [0.15, 0.2) is 12.5 Å². The highest BCUT2D eigenvalue weighted by Gasteiger charge is 2.21. The fourth-order valence-corrected chi connectivity index (χ4v) is 2.40. The molecule has 1 N–H and O–H groups in total. The van der Waals surface area contributed by atoms with E-state index in [1.165, 1.54) is 24.1 Å². The maximum Gasteiger partial charge on any atom is 0.148 e. The van der Waals surface area contributed by atoms with Crippen molar-refractivity contribution < 1.29 is 0 Å². The van der Waals surface area contributed by atoms with Gasteiger partial charge in [0, 0.05) is 30.4 Å². The van der Waals surface area contributed by atoms with Gasteiger partial charge in [-0.2, -0.15) is 10.2 Å². The summed E-state index contributed by atoms with van der Waals surface area (Å²) in [5.74, 6) is 1.53. The summed E-state index contributed by atoms with van der Waals surface area (Å²) in [5.41, 5.74) is 2.49. The predicted octanol–water partition coefficient (Wildman–Crippen LogP) is 1.74. The second-order valence-electron chi connectivity index (χ2n) is 6.32. The molecule has 1 saturated carbocycles. The van der Waals surface area contributed by atoms with Gasteiger partial charge in [-0.1, -0.05) is 13.8 Å². The number of aromatic nitrogens is 5. The van der Waals surface area contributed by atoms with Crippen molar-refractivity contribution in [1.82, 2.24) is 29.9 Å². The highest BCUT2D eigenvalue weighted by Crippen LogP contribution is 2.20. The molecule has 0 aliphatic heterocycles. The summed E-state index contributed by atoms with van der Waals surface area (Å²) in [5, 5.41) is 12.4. The van der Waals surface area contributed by atoms with E-state index in [0.29, 0.717) is 12.5 Å². The molecule has 6 heteroatoms. The minimum atomic E-state index is 0.558. The monoisotopic (exact) mass is 288 g/mol. The van der Waals surface area contributed by atoms with E-state index in [-0.39, 0.29) is 0 Å². The second-order valence-corrected chi connectivity index (χ2v) is 6.32. The molecule has 0 amide bonds. The van der Waals surface area contributed by atoms with Crippen LogP contribution in [0.25, 0.3) is 0 Å². The summed E-state index contributed by atoms with van der Waals surface area (Å²) in [7, 11) is 0. The molecule has 1 aliphatic rings. The van der Waals surface area contributed by atoms with Crippen LogP contribution in [0.2, 0.25) is 0 Å². The molecule has 0 atom stereocenters. The van der Waals surface area contributed by atoms with Crippen LogP contribution in [0.4, 0.5) is 0 Å². The summed E-state index contributed by atoms with van der Waals surface area (Å²) in [6.07, 6.45) is 6.22. The molecule has 0 bridgehead atoms. The molecule has 1 aliphatic carbocycles. The first-order valence-corrected chi connectivity index (χ1v) is 7.75. The van der Waals surface area contributed by atoms with Crippen molar-refractivity contribution >= 4 is 0 Å². The Balaban J connectivity index is 1.68. The molecule has 1 fully saturated rings. The Morgan fingerprint density at radius 3 is 2.81 bits per heavy atom. The molecule has 114 valence electrons. The lowest BCUT2D eigenvalue weighted by Crippen LogP contribution is -2.17. The topological polar surface area (TPSA) is 60.6 Å². The van der Waals surface area contributed by atoms with Gasteiger partial charge < -0.3 is 5.32 Å². The van der Waals surface area contributed by atoms with Crippen LogP contribution in [0.1, 0.15) is 43.8 Å². The number of rotatable bonds is 7. The summed E-state index contributed by atoms with van der Waals surface area (Å²) in [4.78, 5) is 4.37. The molecule has 0 saturated heterocycles. The first kappa shape index (κ1) is 14.3. The van der Waals surface area contributed by atoms with E-state index in [2.05, 4.69) is 41.3 Å². The van der Waals surface area contributed by atoms with Gasteiger partial charge in [0.25, 0.3) is 0 Å². The first-order valence-electron chi connectivity index (χ1n) is 7.75. The molecular formula is C15H24N6. The average Bonchev–Trinajstić information content (AvgIpc) is 3.08. The predicted molar refractivity (Wildman–Crippen MR) is 80.8 cm³/mol. The molecule has 2 heterocycles. The van der Waals surface area contributed by atoms with Crippen molar-refractivity contribution in [1.29, 1.82) is 0 Å². The molecule has 0 radical (unpaired) electrons. The molecule has 2 aromatic heterocycles. The van der Waals surface area contributed by atoms with Gasteiger partial charge in [0.1, 0.15) is 18.7 Å². The van der Waals surface area contributed by atoms with Crippen LogP contribution in [0.5, 0.6) is 0 Å². The van der Waals surface area contributed by atoms with Gasteiger partial charge in [-0.15, -0.1) is 0 Å². The van der Waals surface area contributed by atoms with E-state index >= 15 is 0 Å². The first-order chi connectivity index (χ1) is 10.1. The third-order valence-corrected chi connectivity index (χ3v) is 3.89. The SMILES string of the molecule is Cc1c(CNC2CC2)cnn1Cc1ncnn1CC(C)C. The molecule has 0 unspecified atom stereocenters.